The molecule has 5 heteroatoms. The number of carbonyl (C=O) groups excluding carboxylic acids is 1. The molecule has 2 fully saturated rings. The average Bonchev–Trinajstić information content (AvgIpc) is 2.43. The first kappa shape index (κ1) is 15.3. The van der Waals surface area contributed by atoms with Crippen LogP contribution in [0.2, 0.25) is 0 Å². The number of hydrogen-bond donors (Lipinski definition) is 2. The molecule has 2 unspecified atom stereocenters. The Morgan fingerprint density at radius 3 is 2.75 bits per heavy atom. The van der Waals surface area contributed by atoms with Crippen molar-refractivity contribution in [3.8, 4) is 6.07 Å². The highest BCUT2D eigenvalue weighted by molar-refractivity contribution is 5.79. The second-order valence-electron chi connectivity index (χ2n) is 6.41. The van der Waals surface area contributed by atoms with Gasteiger partial charge in [0.05, 0.1) is 12.6 Å². The SMILES string of the molecule is CC1CC(N)CCN1CC(=O)NC1(C#N)CCCCC1. The van der Waals surface area contributed by atoms with Gasteiger partial charge in [0.1, 0.15) is 5.54 Å². The summed E-state index contributed by atoms with van der Waals surface area (Å²) in [5, 5.41) is 12.4. The molecule has 0 radical (unpaired) electrons. The van der Waals surface area contributed by atoms with E-state index in [9.17, 15) is 10.1 Å². The van der Waals surface area contributed by atoms with E-state index in [0.29, 0.717) is 12.6 Å². The molecule has 0 aromatic heterocycles. The molecule has 20 heavy (non-hydrogen) atoms. The van der Waals surface area contributed by atoms with Crippen LogP contribution in [0.5, 0.6) is 0 Å². The molecular weight excluding hydrogens is 252 g/mol. The van der Waals surface area contributed by atoms with Crippen LogP contribution in [0.15, 0.2) is 0 Å². The maximum Gasteiger partial charge on any atom is 0.235 e. The summed E-state index contributed by atoms with van der Waals surface area (Å²) in [6.07, 6.45) is 6.69. The molecule has 1 aliphatic heterocycles. The number of nitrogens with two attached hydrogens (primary N) is 1. The number of nitrogens with zero attached hydrogens (tertiary/aromatic N) is 2. The summed E-state index contributed by atoms with van der Waals surface area (Å²) < 4.78 is 0. The molecule has 2 atom stereocenters. The molecule has 2 rings (SSSR count). The zero-order valence-corrected chi connectivity index (χ0v) is 12.4. The highest BCUT2D eigenvalue weighted by Crippen LogP contribution is 2.27. The molecule has 0 aromatic carbocycles. The largest absolute Gasteiger partial charge is 0.337 e. The molecule has 112 valence electrons. The van der Waals surface area contributed by atoms with Crippen molar-refractivity contribution >= 4 is 5.91 Å². The summed E-state index contributed by atoms with van der Waals surface area (Å²) in [5.74, 6) is -0.0178. The molecule has 0 aromatic rings. The number of carbonyl (C=O) groups is 1. The Bertz CT molecular complexity index is 384. The topological polar surface area (TPSA) is 82.2 Å². The lowest BCUT2D eigenvalue weighted by Crippen LogP contribution is -2.54. The van der Waals surface area contributed by atoms with E-state index in [1.165, 1.54) is 6.42 Å². The first-order valence-corrected chi connectivity index (χ1v) is 7.76. The third kappa shape index (κ3) is 3.71. The number of hydrogen-bond acceptors (Lipinski definition) is 4. The zero-order valence-electron chi connectivity index (χ0n) is 12.4. The van der Waals surface area contributed by atoms with Gasteiger partial charge in [-0.05, 0) is 32.6 Å². The van der Waals surface area contributed by atoms with Gasteiger partial charge in [-0.25, -0.2) is 0 Å². The van der Waals surface area contributed by atoms with Gasteiger partial charge in [0.2, 0.25) is 5.91 Å². The monoisotopic (exact) mass is 278 g/mol. The van der Waals surface area contributed by atoms with E-state index in [2.05, 4.69) is 23.2 Å². The fourth-order valence-corrected chi connectivity index (χ4v) is 3.40. The van der Waals surface area contributed by atoms with Crippen LogP contribution in [0.1, 0.15) is 51.9 Å². The van der Waals surface area contributed by atoms with E-state index in [0.717, 1.165) is 45.1 Å². The van der Waals surface area contributed by atoms with Crippen molar-refractivity contribution in [3.63, 3.8) is 0 Å². The minimum Gasteiger partial charge on any atom is -0.337 e. The summed E-state index contributed by atoms with van der Waals surface area (Å²) in [6, 6.07) is 2.93. The molecule has 5 nitrogen and oxygen atoms in total. The van der Waals surface area contributed by atoms with Gasteiger partial charge in [-0.2, -0.15) is 5.26 Å². The Kier molecular flexibility index (Phi) is 5.00. The minimum atomic E-state index is -0.620. The van der Waals surface area contributed by atoms with Crippen LogP contribution in [-0.4, -0.2) is 41.5 Å². The number of likely N-dealkylation sites (tertiary alicyclic amines) is 1. The Labute approximate surface area is 121 Å². The first-order valence-electron chi connectivity index (χ1n) is 7.76. The quantitative estimate of drug-likeness (QED) is 0.811. The van der Waals surface area contributed by atoms with Crippen LogP contribution < -0.4 is 11.1 Å². The molecule has 1 saturated carbocycles. The zero-order chi connectivity index (χ0) is 14.6. The van der Waals surface area contributed by atoms with Crippen LogP contribution in [0, 0.1) is 11.3 Å². The summed E-state index contributed by atoms with van der Waals surface area (Å²) >= 11 is 0. The van der Waals surface area contributed by atoms with Crippen LogP contribution >= 0.6 is 0 Å². The first-order chi connectivity index (χ1) is 9.54. The van der Waals surface area contributed by atoms with Crippen molar-refractivity contribution in [1.82, 2.24) is 10.2 Å². The molecule has 0 bridgehead atoms. The summed E-state index contributed by atoms with van der Waals surface area (Å²) in [5.41, 5.74) is 5.32. The van der Waals surface area contributed by atoms with Crippen molar-refractivity contribution in [2.24, 2.45) is 5.73 Å². The van der Waals surface area contributed by atoms with Gasteiger partial charge in [-0.15, -0.1) is 0 Å². The molecule has 3 N–H and O–H groups in total. The Balaban J connectivity index is 1.87. The minimum absolute atomic E-state index is 0.0178. The summed E-state index contributed by atoms with van der Waals surface area (Å²) in [6.45, 7) is 3.37. The molecule has 0 spiro atoms. The fourth-order valence-electron chi connectivity index (χ4n) is 3.40. The van der Waals surface area contributed by atoms with Gasteiger partial charge in [0.15, 0.2) is 0 Å². The van der Waals surface area contributed by atoms with Crippen LogP contribution in [0.3, 0.4) is 0 Å². The number of rotatable bonds is 3. The average molecular weight is 278 g/mol. The molecule has 1 amide bonds. The van der Waals surface area contributed by atoms with Crippen LogP contribution in [0.25, 0.3) is 0 Å². The van der Waals surface area contributed by atoms with Crippen molar-refractivity contribution in [2.75, 3.05) is 13.1 Å². The van der Waals surface area contributed by atoms with Gasteiger partial charge in [-0.3, -0.25) is 9.69 Å². The van der Waals surface area contributed by atoms with E-state index in [-0.39, 0.29) is 11.9 Å². The normalized spacial score (nSPS) is 30.4. The standard InChI is InChI=1S/C15H26N4O/c1-12-9-13(17)5-8-19(12)10-14(20)18-15(11-16)6-3-2-4-7-15/h12-13H,2-10,17H2,1H3,(H,18,20). The lowest BCUT2D eigenvalue weighted by Gasteiger charge is -2.37. The molecule has 2 aliphatic rings. The molecular formula is C15H26N4O. The van der Waals surface area contributed by atoms with Gasteiger partial charge in [-0.1, -0.05) is 19.3 Å². The van der Waals surface area contributed by atoms with Crippen LogP contribution in [0.4, 0.5) is 0 Å². The van der Waals surface area contributed by atoms with E-state index >= 15 is 0 Å². The number of piperidine rings is 1. The Morgan fingerprint density at radius 1 is 1.45 bits per heavy atom. The van der Waals surface area contributed by atoms with Gasteiger partial charge >= 0.3 is 0 Å². The van der Waals surface area contributed by atoms with Gasteiger partial charge in [0, 0.05) is 18.6 Å². The highest BCUT2D eigenvalue weighted by Gasteiger charge is 2.34. The molecule has 1 heterocycles. The maximum atomic E-state index is 12.2. The van der Waals surface area contributed by atoms with Gasteiger partial charge < -0.3 is 11.1 Å². The van der Waals surface area contributed by atoms with E-state index in [1.54, 1.807) is 0 Å². The van der Waals surface area contributed by atoms with Crippen LogP contribution in [-0.2, 0) is 4.79 Å². The fraction of sp³-hybridized carbons (Fsp3) is 0.867. The summed E-state index contributed by atoms with van der Waals surface area (Å²) in [7, 11) is 0. The van der Waals surface area contributed by atoms with E-state index < -0.39 is 5.54 Å². The third-order valence-corrected chi connectivity index (χ3v) is 4.70. The Morgan fingerprint density at radius 2 is 2.15 bits per heavy atom. The predicted octanol–water partition coefficient (Wildman–Crippen LogP) is 1.14. The predicted molar refractivity (Wildman–Crippen MR) is 77.8 cm³/mol. The number of nitriles is 1. The third-order valence-electron chi connectivity index (χ3n) is 4.70. The lowest BCUT2D eigenvalue weighted by atomic mass is 9.83. The van der Waals surface area contributed by atoms with Crippen molar-refractivity contribution in [2.45, 2.75) is 69.5 Å². The molecule has 1 saturated heterocycles. The van der Waals surface area contributed by atoms with Crippen molar-refractivity contribution < 1.29 is 4.79 Å². The smallest absolute Gasteiger partial charge is 0.235 e. The van der Waals surface area contributed by atoms with Crippen molar-refractivity contribution in [1.29, 1.82) is 5.26 Å². The molecule has 1 aliphatic carbocycles. The Hall–Kier alpha value is -1.12. The number of amides is 1. The van der Waals surface area contributed by atoms with Gasteiger partial charge in [0.25, 0.3) is 0 Å². The highest BCUT2D eigenvalue weighted by atomic mass is 16.2. The second-order valence-corrected chi connectivity index (χ2v) is 6.41. The lowest BCUT2D eigenvalue weighted by molar-refractivity contribution is -0.124. The summed E-state index contributed by atoms with van der Waals surface area (Å²) in [4.78, 5) is 14.4. The maximum absolute atomic E-state index is 12.2. The van der Waals surface area contributed by atoms with E-state index in [4.69, 9.17) is 5.73 Å². The second kappa shape index (κ2) is 6.55. The van der Waals surface area contributed by atoms with E-state index in [1.807, 2.05) is 0 Å². The van der Waals surface area contributed by atoms with Crippen molar-refractivity contribution in [3.05, 3.63) is 0 Å². The number of nitrogens with one attached hydrogen (secondary N) is 1.